The van der Waals surface area contributed by atoms with Crippen LogP contribution >= 0.6 is 0 Å². The van der Waals surface area contributed by atoms with Gasteiger partial charge in [-0.3, -0.25) is 14.4 Å². The first-order valence-corrected chi connectivity index (χ1v) is 21.2. The number of hydrogen-bond donors (Lipinski definition) is 0. The van der Waals surface area contributed by atoms with Gasteiger partial charge in [0.05, 0.1) is 0 Å². The predicted molar refractivity (Wildman–Crippen MR) is 206 cm³/mol. The maximum atomic E-state index is 12.6. The largest absolute Gasteiger partial charge is 0.462 e. The van der Waals surface area contributed by atoms with E-state index in [0.717, 1.165) is 69.6 Å². The molecule has 0 radical (unpaired) electrons. The van der Waals surface area contributed by atoms with Gasteiger partial charge in [-0.25, -0.2) is 0 Å². The van der Waals surface area contributed by atoms with E-state index >= 15 is 0 Å². The van der Waals surface area contributed by atoms with Gasteiger partial charge in [-0.1, -0.05) is 189 Å². The van der Waals surface area contributed by atoms with Crippen molar-refractivity contribution in [2.45, 2.75) is 233 Å². The van der Waals surface area contributed by atoms with E-state index in [4.69, 9.17) is 14.2 Å². The highest BCUT2D eigenvalue weighted by Gasteiger charge is 2.19. The van der Waals surface area contributed by atoms with Crippen molar-refractivity contribution < 1.29 is 28.6 Å². The van der Waals surface area contributed by atoms with Crippen LogP contribution in [0.25, 0.3) is 0 Å². The minimum atomic E-state index is -0.759. The monoisotopic (exact) mass is 695 g/mol. The summed E-state index contributed by atoms with van der Waals surface area (Å²) in [5.74, 6) is 0.742. The Morgan fingerprint density at radius 1 is 0.388 bits per heavy atom. The van der Waals surface area contributed by atoms with Gasteiger partial charge in [0.25, 0.3) is 0 Å². The molecule has 6 heteroatoms. The van der Waals surface area contributed by atoms with E-state index in [1.165, 1.54) is 116 Å². The number of rotatable bonds is 37. The van der Waals surface area contributed by atoms with Crippen molar-refractivity contribution >= 4 is 17.9 Å². The molecule has 0 aromatic carbocycles. The van der Waals surface area contributed by atoms with Crippen molar-refractivity contribution in [3.05, 3.63) is 0 Å². The average Bonchev–Trinajstić information content (AvgIpc) is 3.06. The van der Waals surface area contributed by atoms with E-state index < -0.39 is 6.10 Å². The molecule has 0 saturated carbocycles. The van der Waals surface area contributed by atoms with Crippen LogP contribution in [0.15, 0.2) is 0 Å². The summed E-state index contributed by atoms with van der Waals surface area (Å²) in [4.78, 5) is 37.5. The Labute approximate surface area is 304 Å². The maximum Gasteiger partial charge on any atom is 0.306 e. The Bertz CT molecular complexity index is 749. The van der Waals surface area contributed by atoms with Crippen molar-refractivity contribution in [2.75, 3.05) is 13.2 Å². The highest BCUT2D eigenvalue weighted by atomic mass is 16.6. The van der Waals surface area contributed by atoms with E-state index in [-0.39, 0.29) is 31.1 Å². The second-order valence-electron chi connectivity index (χ2n) is 15.6. The van der Waals surface area contributed by atoms with Gasteiger partial charge in [-0.2, -0.15) is 0 Å². The van der Waals surface area contributed by atoms with Crippen LogP contribution in [0.3, 0.4) is 0 Å². The molecule has 1 atom stereocenters. The van der Waals surface area contributed by atoms with Gasteiger partial charge in [-0.15, -0.1) is 0 Å². The molecule has 0 N–H and O–H groups in total. The summed E-state index contributed by atoms with van der Waals surface area (Å²) < 4.78 is 16.6. The van der Waals surface area contributed by atoms with Crippen LogP contribution < -0.4 is 0 Å². The normalized spacial score (nSPS) is 12.1. The standard InChI is InChI=1S/C43H82O6/c1-6-7-8-9-16-23-28-33-41(44)47-36-40(49-43(46)35-30-25-20-15-14-18-22-27-32-39(4)5)37-48-42(45)34-29-24-19-13-11-10-12-17-21-26-31-38(2)3/h38-40H,6-37H2,1-5H3/t40-/m1/s1. The first-order valence-electron chi connectivity index (χ1n) is 21.2. The fourth-order valence-corrected chi connectivity index (χ4v) is 6.22. The smallest absolute Gasteiger partial charge is 0.306 e. The third-order valence-electron chi connectivity index (χ3n) is 9.47. The number of carbonyl (C=O) groups is 3. The summed E-state index contributed by atoms with van der Waals surface area (Å²) >= 11 is 0. The molecule has 0 amide bonds. The van der Waals surface area contributed by atoms with Crippen molar-refractivity contribution in [3.8, 4) is 0 Å². The van der Waals surface area contributed by atoms with Crippen LogP contribution in [0.2, 0.25) is 0 Å². The molecule has 0 aliphatic heterocycles. The lowest BCUT2D eigenvalue weighted by Crippen LogP contribution is -2.30. The average molecular weight is 695 g/mol. The molecule has 6 nitrogen and oxygen atoms in total. The lowest BCUT2D eigenvalue weighted by atomic mass is 10.0. The summed E-state index contributed by atoms with van der Waals surface area (Å²) in [6.07, 6.45) is 32.5. The molecule has 0 saturated heterocycles. The van der Waals surface area contributed by atoms with E-state index in [1.807, 2.05) is 0 Å². The molecule has 0 bridgehead atoms. The Hall–Kier alpha value is -1.59. The minimum absolute atomic E-state index is 0.0662. The number of unbranched alkanes of at least 4 members (excludes halogenated alkanes) is 22. The van der Waals surface area contributed by atoms with Crippen LogP contribution in [0.5, 0.6) is 0 Å². The van der Waals surface area contributed by atoms with Gasteiger partial charge in [0, 0.05) is 19.3 Å². The predicted octanol–water partition coefficient (Wildman–Crippen LogP) is 13.0. The molecule has 0 spiro atoms. The molecule has 49 heavy (non-hydrogen) atoms. The van der Waals surface area contributed by atoms with Gasteiger partial charge in [0.2, 0.25) is 0 Å². The third-order valence-corrected chi connectivity index (χ3v) is 9.47. The highest BCUT2D eigenvalue weighted by Crippen LogP contribution is 2.16. The van der Waals surface area contributed by atoms with Crippen molar-refractivity contribution in [3.63, 3.8) is 0 Å². The maximum absolute atomic E-state index is 12.6. The van der Waals surface area contributed by atoms with Gasteiger partial charge >= 0.3 is 17.9 Å². The summed E-state index contributed by atoms with van der Waals surface area (Å²) in [6.45, 7) is 11.2. The van der Waals surface area contributed by atoms with Crippen molar-refractivity contribution in [1.82, 2.24) is 0 Å². The molecule has 0 unspecified atom stereocenters. The molecule has 0 aliphatic carbocycles. The number of carbonyl (C=O) groups excluding carboxylic acids is 3. The Morgan fingerprint density at radius 3 is 1.00 bits per heavy atom. The molecule has 0 aliphatic rings. The zero-order valence-corrected chi connectivity index (χ0v) is 33.3. The van der Waals surface area contributed by atoms with Crippen LogP contribution in [-0.4, -0.2) is 37.2 Å². The topological polar surface area (TPSA) is 78.9 Å². The van der Waals surface area contributed by atoms with Crippen LogP contribution in [0.4, 0.5) is 0 Å². The number of ether oxygens (including phenoxy) is 3. The molecular weight excluding hydrogens is 612 g/mol. The van der Waals surface area contributed by atoms with Gasteiger partial charge in [0.1, 0.15) is 13.2 Å². The highest BCUT2D eigenvalue weighted by molar-refractivity contribution is 5.71. The first kappa shape index (κ1) is 47.4. The van der Waals surface area contributed by atoms with Crippen LogP contribution in [0.1, 0.15) is 227 Å². The molecule has 0 aromatic rings. The van der Waals surface area contributed by atoms with Crippen LogP contribution in [0, 0.1) is 11.8 Å². The molecular formula is C43H82O6. The summed E-state index contributed by atoms with van der Waals surface area (Å²) in [6, 6.07) is 0. The van der Waals surface area contributed by atoms with E-state index in [0.29, 0.717) is 19.3 Å². The fraction of sp³-hybridized carbons (Fsp3) is 0.930. The zero-order chi connectivity index (χ0) is 36.2. The summed E-state index contributed by atoms with van der Waals surface area (Å²) in [5.41, 5.74) is 0. The van der Waals surface area contributed by atoms with Gasteiger partial charge in [0.15, 0.2) is 6.10 Å². The summed E-state index contributed by atoms with van der Waals surface area (Å²) in [7, 11) is 0. The van der Waals surface area contributed by atoms with E-state index in [2.05, 4.69) is 34.6 Å². The Balaban J connectivity index is 4.30. The van der Waals surface area contributed by atoms with Crippen molar-refractivity contribution in [2.24, 2.45) is 11.8 Å². The van der Waals surface area contributed by atoms with Crippen LogP contribution in [-0.2, 0) is 28.6 Å². The third kappa shape index (κ3) is 37.5. The Morgan fingerprint density at radius 2 is 0.673 bits per heavy atom. The first-order chi connectivity index (χ1) is 23.7. The minimum Gasteiger partial charge on any atom is -0.462 e. The molecule has 0 fully saturated rings. The van der Waals surface area contributed by atoms with Crippen molar-refractivity contribution in [1.29, 1.82) is 0 Å². The quantitative estimate of drug-likeness (QED) is 0.0366. The second kappa shape index (κ2) is 36.2. The molecule has 0 rings (SSSR count). The van der Waals surface area contributed by atoms with E-state index in [1.54, 1.807) is 0 Å². The lowest BCUT2D eigenvalue weighted by molar-refractivity contribution is -0.167. The molecule has 0 heterocycles. The fourth-order valence-electron chi connectivity index (χ4n) is 6.22. The summed E-state index contributed by atoms with van der Waals surface area (Å²) in [5, 5.41) is 0. The number of esters is 3. The zero-order valence-electron chi connectivity index (χ0n) is 33.3. The van der Waals surface area contributed by atoms with Gasteiger partial charge in [-0.05, 0) is 31.1 Å². The molecule has 290 valence electrons. The lowest BCUT2D eigenvalue weighted by Gasteiger charge is -2.18. The van der Waals surface area contributed by atoms with Gasteiger partial charge < -0.3 is 14.2 Å². The number of hydrogen-bond acceptors (Lipinski definition) is 6. The SMILES string of the molecule is CCCCCCCCCC(=O)OC[C@H](COC(=O)CCCCCCCCCCCCC(C)C)OC(=O)CCCCCCCCCCC(C)C. The second-order valence-corrected chi connectivity index (χ2v) is 15.6. The Kier molecular flexibility index (Phi) is 35.0. The molecule has 0 aromatic heterocycles. The van der Waals surface area contributed by atoms with E-state index in [9.17, 15) is 14.4 Å².